The maximum atomic E-state index is 12.8. The second-order valence-electron chi connectivity index (χ2n) is 7.78. The summed E-state index contributed by atoms with van der Waals surface area (Å²) in [7, 11) is 2.03. The van der Waals surface area contributed by atoms with Crippen LogP contribution in [0, 0.1) is 0 Å². The Kier molecular flexibility index (Phi) is 4.77. The highest BCUT2D eigenvalue weighted by molar-refractivity contribution is 6.30. The predicted molar refractivity (Wildman–Crippen MR) is 115 cm³/mol. The molecule has 2 aliphatic rings. The molecule has 1 N–H and O–H groups in total. The molecule has 1 aromatic heterocycles. The zero-order valence-corrected chi connectivity index (χ0v) is 17.1. The van der Waals surface area contributed by atoms with E-state index in [2.05, 4.69) is 4.90 Å². The number of rotatable bonds is 2. The van der Waals surface area contributed by atoms with Gasteiger partial charge in [-0.1, -0.05) is 29.8 Å². The van der Waals surface area contributed by atoms with Crippen molar-refractivity contribution in [2.24, 2.45) is 0 Å². The Balaban J connectivity index is 1.63. The normalized spacial score (nSPS) is 21.4. The van der Waals surface area contributed by atoms with Gasteiger partial charge in [0.25, 0.3) is 0 Å². The average molecular weight is 426 g/mol. The number of hydrogen-bond acceptors (Lipinski definition) is 6. The number of phenolic OH excluding ortho intramolecular Hbond substituents is 1. The highest BCUT2D eigenvalue weighted by Crippen LogP contribution is 2.46. The highest BCUT2D eigenvalue weighted by atomic mass is 35.5. The molecule has 0 spiro atoms. The Morgan fingerprint density at radius 1 is 1.20 bits per heavy atom. The molecule has 2 aromatic carbocycles. The molecule has 2 atom stereocenters. The van der Waals surface area contributed by atoms with Gasteiger partial charge < -0.3 is 19.3 Å². The van der Waals surface area contributed by atoms with Gasteiger partial charge in [0.15, 0.2) is 11.2 Å². The minimum atomic E-state index is -0.303. The van der Waals surface area contributed by atoms with Crippen molar-refractivity contribution < 1.29 is 19.3 Å². The van der Waals surface area contributed by atoms with Crippen LogP contribution < -0.4 is 10.3 Å². The van der Waals surface area contributed by atoms with Crippen molar-refractivity contribution in [3.05, 3.63) is 68.5 Å². The first-order valence-electron chi connectivity index (χ1n) is 9.79. The van der Waals surface area contributed by atoms with Gasteiger partial charge in [0.05, 0.1) is 0 Å². The fraction of sp³-hybridized carbons (Fsp3) is 0.261. The van der Waals surface area contributed by atoms with Gasteiger partial charge in [0.2, 0.25) is 0 Å². The summed E-state index contributed by atoms with van der Waals surface area (Å²) in [6.45, 7) is 1.61. The van der Waals surface area contributed by atoms with Crippen molar-refractivity contribution in [1.29, 1.82) is 0 Å². The molecular weight excluding hydrogens is 406 g/mol. The van der Waals surface area contributed by atoms with E-state index in [4.69, 9.17) is 25.8 Å². The summed E-state index contributed by atoms with van der Waals surface area (Å²) in [6.07, 6.45) is 4.24. The Morgan fingerprint density at radius 3 is 2.80 bits per heavy atom. The van der Waals surface area contributed by atoms with E-state index in [0.717, 1.165) is 24.1 Å². The van der Waals surface area contributed by atoms with Crippen LogP contribution in [0.4, 0.5) is 0 Å². The Morgan fingerprint density at radius 2 is 2.00 bits per heavy atom. The second kappa shape index (κ2) is 7.47. The molecule has 2 unspecified atom stereocenters. The SMILES string of the molecule is CN1CCC2c3c(cc(O)c4c(=O)cc(/C=C/c5ccc(Cl)cc5)oc34)OOC2C1. The molecule has 30 heavy (non-hydrogen) atoms. The van der Waals surface area contributed by atoms with Crippen molar-refractivity contribution in [2.75, 3.05) is 20.1 Å². The van der Waals surface area contributed by atoms with Crippen LogP contribution in [0.15, 0.2) is 45.6 Å². The number of likely N-dealkylation sites (N-methyl/N-ethyl adjacent to an activating group) is 1. The Hall–Kier alpha value is -2.80. The molecule has 0 radical (unpaired) electrons. The van der Waals surface area contributed by atoms with Crippen molar-refractivity contribution in [1.82, 2.24) is 4.90 Å². The third-order valence-electron chi connectivity index (χ3n) is 5.71. The van der Waals surface area contributed by atoms with Crippen molar-refractivity contribution in [3.8, 4) is 11.5 Å². The zero-order chi connectivity index (χ0) is 20.8. The summed E-state index contributed by atoms with van der Waals surface area (Å²) in [5.74, 6) is 0.631. The van der Waals surface area contributed by atoms with Crippen LogP contribution in [0.3, 0.4) is 0 Å². The topological polar surface area (TPSA) is 72.1 Å². The number of benzene rings is 2. The lowest BCUT2D eigenvalue weighted by molar-refractivity contribution is -0.269. The number of fused-ring (bicyclic) bond motifs is 5. The fourth-order valence-electron chi connectivity index (χ4n) is 4.20. The molecule has 0 aliphatic carbocycles. The number of nitrogens with zero attached hydrogens (tertiary/aromatic N) is 1. The standard InChI is InChI=1S/C23H20ClNO5/c1-25-9-8-16-20(12-25)30-29-19-11-18(27)22-17(26)10-15(28-23(22)21(16)19)7-4-13-2-5-14(24)6-3-13/h2-7,10-11,16,20,27H,8-9,12H2,1H3/b7-4+. The minimum absolute atomic E-state index is 0.0201. The molecule has 1 fully saturated rings. The molecule has 6 nitrogen and oxygen atoms in total. The molecular formula is C23H20ClNO5. The summed E-state index contributed by atoms with van der Waals surface area (Å²) < 4.78 is 6.12. The largest absolute Gasteiger partial charge is 0.507 e. The van der Waals surface area contributed by atoms with Crippen LogP contribution in [0.25, 0.3) is 23.1 Å². The van der Waals surface area contributed by atoms with Gasteiger partial charge in [-0.3, -0.25) is 4.79 Å². The molecule has 0 bridgehead atoms. The van der Waals surface area contributed by atoms with Gasteiger partial charge in [0, 0.05) is 35.2 Å². The van der Waals surface area contributed by atoms with E-state index in [1.165, 1.54) is 12.1 Å². The summed E-state index contributed by atoms with van der Waals surface area (Å²) in [6, 6.07) is 10.2. The molecule has 3 heterocycles. The first-order valence-corrected chi connectivity index (χ1v) is 10.2. The monoisotopic (exact) mass is 425 g/mol. The highest BCUT2D eigenvalue weighted by Gasteiger charge is 2.39. The molecule has 2 aliphatic heterocycles. The molecule has 0 saturated carbocycles. The van der Waals surface area contributed by atoms with Crippen LogP contribution in [0.2, 0.25) is 5.02 Å². The molecule has 7 heteroatoms. The number of aromatic hydroxyl groups is 1. The van der Waals surface area contributed by atoms with E-state index in [9.17, 15) is 9.90 Å². The van der Waals surface area contributed by atoms with Gasteiger partial charge >= 0.3 is 0 Å². The number of likely N-dealkylation sites (tertiary alicyclic amines) is 1. The van der Waals surface area contributed by atoms with Crippen LogP contribution >= 0.6 is 11.6 Å². The van der Waals surface area contributed by atoms with E-state index in [1.807, 2.05) is 25.3 Å². The number of hydrogen-bond donors (Lipinski definition) is 1. The first kappa shape index (κ1) is 19.2. The van der Waals surface area contributed by atoms with E-state index in [0.29, 0.717) is 28.7 Å². The lowest BCUT2D eigenvalue weighted by atomic mass is 9.85. The Bertz CT molecular complexity index is 1200. The van der Waals surface area contributed by atoms with E-state index < -0.39 is 0 Å². The van der Waals surface area contributed by atoms with E-state index >= 15 is 0 Å². The quantitative estimate of drug-likeness (QED) is 0.612. The maximum Gasteiger partial charge on any atom is 0.197 e. The van der Waals surface area contributed by atoms with Crippen LogP contribution in [0.1, 0.15) is 29.2 Å². The summed E-state index contributed by atoms with van der Waals surface area (Å²) in [5, 5.41) is 11.3. The number of halogens is 1. The second-order valence-corrected chi connectivity index (χ2v) is 8.22. The Labute approximate surface area is 177 Å². The van der Waals surface area contributed by atoms with Crippen LogP contribution in [0.5, 0.6) is 11.5 Å². The third kappa shape index (κ3) is 3.37. The molecule has 3 aromatic rings. The zero-order valence-electron chi connectivity index (χ0n) is 16.3. The van der Waals surface area contributed by atoms with Gasteiger partial charge in [0.1, 0.15) is 28.6 Å². The summed E-state index contributed by atoms with van der Waals surface area (Å²) >= 11 is 5.93. The number of piperidine rings is 1. The van der Waals surface area contributed by atoms with Crippen molar-refractivity contribution in [3.63, 3.8) is 0 Å². The fourth-order valence-corrected chi connectivity index (χ4v) is 4.32. The molecule has 1 saturated heterocycles. The van der Waals surface area contributed by atoms with Gasteiger partial charge in [-0.2, -0.15) is 4.89 Å². The third-order valence-corrected chi connectivity index (χ3v) is 5.96. The van der Waals surface area contributed by atoms with Crippen LogP contribution in [-0.2, 0) is 4.89 Å². The molecule has 0 amide bonds. The van der Waals surface area contributed by atoms with Crippen LogP contribution in [-0.4, -0.2) is 36.2 Å². The summed E-state index contributed by atoms with van der Waals surface area (Å²) in [4.78, 5) is 26.0. The predicted octanol–water partition coefficient (Wildman–Crippen LogP) is 4.43. The lowest BCUT2D eigenvalue weighted by Gasteiger charge is -2.39. The van der Waals surface area contributed by atoms with E-state index in [1.54, 1.807) is 18.2 Å². The van der Waals surface area contributed by atoms with Gasteiger partial charge in [-0.15, -0.1) is 0 Å². The molecule has 5 rings (SSSR count). The summed E-state index contributed by atoms with van der Waals surface area (Å²) in [5.41, 5.74) is 1.76. The average Bonchev–Trinajstić information content (AvgIpc) is 2.72. The maximum absolute atomic E-state index is 12.8. The molecule has 154 valence electrons. The number of phenols is 1. The van der Waals surface area contributed by atoms with Gasteiger partial charge in [-0.25, -0.2) is 0 Å². The van der Waals surface area contributed by atoms with E-state index in [-0.39, 0.29) is 28.6 Å². The smallest absolute Gasteiger partial charge is 0.197 e. The first-order chi connectivity index (χ1) is 14.5. The van der Waals surface area contributed by atoms with Crippen molar-refractivity contribution >= 4 is 34.7 Å². The van der Waals surface area contributed by atoms with Gasteiger partial charge in [-0.05, 0) is 43.8 Å². The minimum Gasteiger partial charge on any atom is -0.507 e. The lowest BCUT2D eigenvalue weighted by Crippen LogP contribution is -2.44. The van der Waals surface area contributed by atoms with Crippen molar-refractivity contribution in [2.45, 2.75) is 18.4 Å².